The van der Waals surface area contributed by atoms with Crippen LogP contribution in [0.15, 0.2) is 35.7 Å². The van der Waals surface area contributed by atoms with Gasteiger partial charge in [-0.1, -0.05) is 29.8 Å². The number of nitrogens with zero attached hydrogens (tertiary/aromatic N) is 1. The van der Waals surface area contributed by atoms with Gasteiger partial charge in [-0.25, -0.2) is 4.79 Å². The molecule has 1 atom stereocenters. The summed E-state index contributed by atoms with van der Waals surface area (Å²) in [6.45, 7) is 1.49. The van der Waals surface area contributed by atoms with E-state index in [1.54, 1.807) is 24.3 Å². The highest BCUT2D eigenvalue weighted by Gasteiger charge is 2.36. The molecule has 0 radical (unpaired) electrons. The number of halogens is 1. The van der Waals surface area contributed by atoms with E-state index in [1.807, 2.05) is 0 Å². The molecule has 2 N–H and O–H groups in total. The lowest BCUT2D eigenvalue weighted by Gasteiger charge is -2.24. The summed E-state index contributed by atoms with van der Waals surface area (Å²) in [6.07, 6.45) is 0. The van der Waals surface area contributed by atoms with E-state index in [2.05, 4.69) is 10.6 Å². The average molecular weight is 268 g/mol. The standard InChI is InChI=1S/C11H10ClN3O3/c1-6-10(15(17)18)9(14-11(16)13-6)7-4-2-3-5-8(7)12/h2-5,9H,1H3,(H2,13,14,16)/t9-/m0/s1. The topological polar surface area (TPSA) is 84.3 Å². The van der Waals surface area contributed by atoms with Crippen molar-refractivity contribution in [3.63, 3.8) is 0 Å². The van der Waals surface area contributed by atoms with Crippen molar-refractivity contribution in [2.75, 3.05) is 0 Å². The van der Waals surface area contributed by atoms with Crippen molar-refractivity contribution < 1.29 is 9.72 Å². The van der Waals surface area contributed by atoms with Gasteiger partial charge in [0, 0.05) is 10.6 Å². The fourth-order valence-electron chi connectivity index (χ4n) is 1.86. The first kappa shape index (κ1) is 12.4. The summed E-state index contributed by atoms with van der Waals surface area (Å²) < 4.78 is 0. The Morgan fingerprint density at radius 2 is 2.06 bits per heavy atom. The summed E-state index contributed by atoms with van der Waals surface area (Å²) in [5.41, 5.74) is 0.608. The Bertz CT molecular complexity index is 556. The van der Waals surface area contributed by atoms with Gasteiger partial charge in [-0.2, -0.15) is 0 Å². The van der Waals surface area contributed by atoms with E-state index in [4.69, 9.17) is 11.6 Å². The molecule has 0 aliphatic carbocycles. The third kappa shape index (κ3) is 2.14. The Morgan fingerprint density at radius 1 is 1.39 bits per heavy atom. The van der Waals surface area contributed by atoms with Crippen LogP contribution in [0.3, 0.4) is 0 Å². The van der Waals surface area contributed by atoms with E-state index in [1.165, 1.54) is 6.92 Å². The Labute approximate surface area is 108 Å². The normalized spacial score (nSPS) is 19.2. The van der Waals surface area contributed by atoms with E-state index in [0.717, 1.165) is 0 Å². The molecule has 94 valence electrons. The highest BCUT2D eigenvalue weighted by Crippen LogP contribution is 2.31. The molecule has 0 spiro atoms. The Kier molecular flexibility index (Phi) is 3.20. The van der Waals surface area contributed by atoms with Crippen LogP contribution in [0.5, 0.6) is 0 Å². The molecule has 2 rings (SSSR count). The second kappa shape index (κ2) is 4.66. The van der Waals surface area contributed by atoms with E-state index in [-0.39, 0.29) is 11.4 Å². The molecule has 1 heterocycles. The maximum Gasteiger partial charge on any atom is 0.320 e. The van der Waals surface area contributed by atoms with Crippen LogP contribution in [0.25, 0.3) is 0 Å². The Balaban J connectivity index is 2.54. The van der Waals surface area contributed by atoms with E-state index < -0.39 is 17.0 Å². The Morgan fingerprint density at radius 3 is 2.67 bits per heavy atom. The van der Waals surface area contributed by atoms with Crippen molar-refractivity contribution in [3.05, 3.63) is 56.4 Å². The number of nitrogens with one attached hydrogen (secondary N) is 2. The minimum Gasteiger partial charge on any atom is -0.321 e. The molecule has 0 aromatic heterocycles. The molecule has 0 saturated heterocycles. The van der Waals surface area contributed by atoms with E-state index in [9.17, 15) is 14.9 Å². The molecule has 1 aliphatic rings. The third-order valence-electron chi connectivity index (χ3n) is 2.65. The van der Waals surface area contributed by atoms with Gasteiger partial charge in [0.2, 0.25) is 0 Å². The quantitative estimate of drug-likeness (QED) is 0.636. The Hall–Kier alpha value is -2.08. The zero-order chi connectivity index (χ0) is 13.3. The highest BCUT2D eigenvalue weighted by molar-refractivity contribution is 6.31. The first-order valence-electron chi connectivity index (χ1n) is 5.18. The van der Waals surface area contributed by atoms with Gasteiger partial charge in [-0.3, -0.25) is 10.1 Å². The number of hydrogen-bond donors (Lipinski definition) is 2. The van der Waals surface area contributed by atoms with E-state index in [0.29, 0.717) is 10.6 Å². The minimum absolute atomic E-state index is 0.109. The van der Waals surface area contributed by atoms with Gasteiger partial charge in [-0.15, -0.1) is 0 Å². The molecule has 1 aliphatic heterocycles. The average Bonchev–Trinajstić information content (AvgIpc) is 2.27. The predicted molar refractivity (Wildman–Crippen MR) is 65.6 cm³/mol. The van der Waals surface area contributed by atoms with Crippen LogP contribution in [0.2, 0.25) is 5.02 Å². The van der Waals surface area contributed by atoms with Crippen molar-refractivity contribution in [3.8, 4) is 0 Å². The number of rotatable bonds is 2. The highest BCUT2D eigenvalue weighted by atomic mass is 35.5. The van der Waals surface area contributed by atoms with Crippen LogP contribution >= 0.6 is 11.6 Å². The van der Waals surface area contributed by atoms with Gasteiger partial charge >= 0.3 is 6.03 Å². The minimum atomic E-state index is -0.845. The molecule has 6 nitrogen and oxygen atoms in total. The molecular formula is C11H10ClN3O3. The van der Waals surface area contributed by atoms with Gasteiger partial charge in [0.15, 0.2) is 6.04 Å². The molecular weight excluding hydrogens is 258 g/mol. The molecule has 1 aromatic rings. The molecule has 0 fully saturated rings. The lowest BCUT2D eigenvalue weighted by molar-refractivity contribution is -0.432. The summed E-state index contributed by atoms with van der Waals surface area (Å²) in [5.74, 6) is 0. The SMILES string of the molecule is CC1=C([N+](=O)[O-])[C@H](c2ccccc2Cl)NC(=O)N1. The second-order valence-electron chi connectivity index (χ2n) is 3.82. The van der Waals surface area contributed by atoms with Crippen molar-refractivity contribution >= 4 is 17.6 Å². The number of hydrogen-bond acceptors (Lipinski definition) is 3. The first-order chi connectivity index (χ1) is 8.50. The monoisotopic (exact) mass is 267 g/mol. The zero-order valence-corrected chi connectivity index (χ0v) is 10.2. The summed E-state index contributed by atoms with van der Waals surface area (Å²) >= 11 is 6.01. The predicted octanol–water partition coefficient (Wildman–Crippen LogP) is 2.20. The smallest absolute Gasteiger partial charge is 0.320 e. The summed E-state index contributed by atoms with van der Waals surface area (Å²) in [7, 11) is 0. The number of benzene rings is 1. The molecule has 18 heavy (non-hydrogen) atoms. The number of amides is 2. The lowest BCUT2D eigenvalue weighted by atomic mass is 10.0. The van der Waals surface area contributed by atoms with Gasteiger partial charge in [0.1, 0.15) is 0 Å². The van der Waals surface area contributed by atoms with Crippen LogP contribution in [0.1, 0.15) is 18.5 Å². The van der Waals surface area contributed by atoms with Gasteiger partial charge in [0.25, 0.3) is 5.70 Å². The van der Waals surface area contributed by atoms with Crippen molar-refractivity contribution in [1.29, 1.82) is 0 Å². The van der Waals surface area contributed by atoms with Crippen molar-refractivity contribution in [2.45, 2.75) is 13.0 Å². The maximum absolute atomic E-state index is 11.4. The second-order valence-corrected chi connectivity index (χ2v) is 4.23. The number of urea groups is 1. The first-order valence-corrected chi connectivity index (χ1v) is 5.55. The lowest BCUT2D eigenvalue weighted by Crippen LogP contribution is -2.45. The van der Waals surface area contributed by atoms with Gasteiger partial charge in [0.05, 0.1) is 10.6 Å². The number of carbonyl (C=O) groups excluding carboxylic acids is 1. The van der Waals surface area contributed by atoms with Crippen molar-refractivity contribution in [1.82, 2.24) is 10.6 Å². The van der Waals surface area contributed by atoms with Crippen LogP contribution in [0, 0.1) is 10.1 Å². The molecule has 0 saturated carbocycles. The molecule has 7 heteroatoms. The van der Waals surface area contributed by atoms with Gasteiger partial charge in [-0.05, 0) is 13.0 Å². The fraction of sp³-hybridized carbons (Fsp3) is 0.182. The van der Waals surface area contributed by atoms with E-state index >= 15 is 0 Å². The van der Waals surface area contributed by atoms with Crippen LogP contribution in [-0.4, -0.2) is 11.0 Å². The van der Waals surface area contributed by atoms with Crippen LogP contribution < -0.4 is 10.6 Å². The largest absolute Gasteiger partial charge is 0.321 e. The summed E-state index contributed by atoms with van der Waals surface area (Å²) in [4.78, 5) is 22.0. The molecule has 0 unspecified atom stereocenters. The van der Waals surface area contributed by atoms with Gasteiger partial charge < -0.3 is 10.6 Å². The number of carbonyl (C=O) groups is 1. The summed E-state index contributed by atoms with van der Waals surface area (Å²) in [6, 6.07) is 5.37. The van der Waals surface area contributed by atoms with Crippen molar-refractivity contribution in [2.24, 2.45) is 0 Å². The molecule has 2 amide bonds. The zero-order valence-electron chi connectivity index (χ0n) is 9.44. The number of allylic oxidation sites excluding steroid dienone is 1. The fourth-order valence-corrected chi connectivity index (χ4v) is 2.11. The number of nitro groups is 1. The van der Waals surface area contributed by atoms with Crippen LogP contribution in [0.4, 0.5) is 4.79 Å². The summed E-state index contributed by atoms with van der Waals surface area (Å²) in [5, 5.41) is 16.3. The van der Waals surface area contributed by atoms with Crippen LogP contribution in [-0.2, 0) is 0 Å². The molecule has 0 bridgehead atoms. The maximum atomic E-state index is 11.4. The third-order valence-corrected chi connectivity index (χ3v) is 2.99. The molecule has 1 aromatic carbocycles.